The van der Waals surface area contributed by atoms with Gasteiger partial charge in [0, 0.05) is 12.1 Å². The van der Waals surface area contributed by atoms with Crippen molar-refractivity contribution in [1.29, 1.82) is 0 Å². The molecule has 0 saturated carbocycles. The lowest BCUT2D eigenvalue weighted by Gasteiger charge is -2.09. The summed E-state index contributed by atoms with van der Waals surface area (Å²) in [5.41, 5.74) is 1.64. The van der Waals surface area contributed by atoms with Crippen molar-refractivity contribution in [2.45, 2.75) is 24.4 Å². The minimum absolute atomic E-state index is 0.470. The lowest BCUT2D eigenvalue weighted by atomic mass is 10.2. The van der Waals surface area contributed by atoms with Gasteiger partial charge in [-0.1, -0.05) is 52.8 Å². The number of methoxy groups -OCH3 is 1. The Morgan fingerprint density at radius 3 is 2.59 bits per heavy atom. The van der Waals surface area contributed by atoms with E-state index in [0.29, 0.717) is 22.5 Å². The summed E-state index contributed by atoms with van der Waals surface area (Å²) in [7, 11) is 1.65. The molecule has 0 unspecified atom stereocenters. The molecule has 7 nitrogen and oxygen atoms in total. The molecule has 0 aliphatic rings. The minimum atomic E-state index is 0.470. The molecule has 4 aromatic rings. The molecule has 0 aliphatic heterocycles. The largest absolute Gasteiger partial charge is 0.496 e. The molecule has 29 heavy (non-hydrogen) atoms. The summed E-state index contributed by atoms with van der Waals surface area (Å²) < 4.78 is 12.9. The van der Waals surface area contributed by atoms with Crippen LogP contribution in [0.15, 0.2) is 58.2 Å². The third kappa shape index (κ3) is 3.99. The first kappa shape index (κ1) is 19.5. The van der Waals surface area contributed by atoms with Crippen LogP contribution in [0.4, 0.5) is 0 Å². The Kier molecular flexibility index (Phi) is 5.82. The second kappa shape index (κ2) is 8.67. The molecule has 2 aromatic carbocycles. The molecule has 9 heteroatoms. The van der Waals surface area contributed by atoms with E-state index in [4.69, 9.17) is 20.9 Å². The van der Waals surface area contributed by atoms with Gasteiger partial charge < -0.3 is 13.8 Å². The van der Waals surface area contributed by atoms with Gasteiger partial charge in [-0.05, 0) is 31.2 Å². The number of thioether (sulfide) groups is 1. The zero-order chi connectivity index (χ0) is 20.2. The molecule has 0 radical (unpaired) electrons. The molecule has 0 N–H and O–H groups in total. The Morgan fingerprint density at radius 1 is 1.07 bits per heavy atom. The fourth-order valence-corrected chi connectivity index (χ4v) is 3.96. The summed E-state index contributed by atoms with van der Waals surface area (Å²) in [5.74, 6) is 2.95. The monoisotopic (exact) mass is 427 g/mol. The van der Waals surface area contributed by atoms with Crippen LogP contribution in [0.2, 0.25) is 5.02 Å². The quantitative estimate of drug-likeness (QED) is 0.385. The van der Waals surface area contributed by atoms with E-state index in [1.807, 2.05) is 47.0 Å². The molecular weight excluding hydrogens is 410 g/mol. The molecular formula is C20H18ClN5O2S. The number of halogens is 1. The van der Waals surface area contributed by atoms with Crippen molar-refractivity contribution in [3.05, 3.63) is 59.4 Å². The number of ether oxygens (including phenoxy) is 1. The molecule has 2 aromatic heterocycles. The Hall–Kier alpha value is -2.84. The fourth-order valence-electron chi connectivity index (χ4n) is 2.90. The van der Waals surface area contributed by atoms with Crippen LogP contribution in [0.3, 0.4) is 0 Å². The van der Waals surface area contributed by atoms with Gasteiger partial charge in [-0.3, -0.25) is 0 Å². The van der Waals surface area contributed by atoms with Crippen molar-refractivity contribution in [3.63, 3.8) is 0 Å². The lowest BCUT2D eigenvalue weighted by molar-refractivity contribution is 0.391. The molecule has 0 spiro atoms. The van der Waals surface area contributed by atoms with Gasteiger partial charge in [0.15, 0.2) is 11.0 Å². The van der Waals surface area contributed by atoms with Gasteiger partial charge in [-0.25, -0.2) is 0 Å². The third-order valence-electron chi connectivity index (χ3n) is 4.29. The highest BCUT2D eigenvalue weighted by atomic mass is 35.5. The maximum atomic E-state index is 6.21. The zero-order valence-corrected chi connectivity index (χ0v) is 17.4. The predicted molar refractivity (Wildman–Crippen MR) is 112 cm³/mol. The van der Waals surface area contributed by atoms with Crippen LogP contribution >= 0.6 is 23.4 Å². The molecule has 0 fully saturated rings. The number of aromatic nitrogens is 5. The summed E-state index contributed by atoms with van der Waals surface area (Å²) >= 11 is 7.69. The Balaban J connectivity index is 1.54. The van der Waals surface area contributed by atoms with Gasteiger partial charge in [0.2, 0.25) is 11.7 Å². The molecule has 0 aliphatic carbocycles. The van der Waals surface area contributed by atoms with Crippen LogP contribution in [0.1, 0.15) is 12.8 Å². The predicted octanol–water partition coefficient (Wildman–Crippen LogP) is 4.97. The van der Waals surface area contributed by atoms with Gasteiger partial charge >= 0.3 is 0 Å². The van der Waals surface area contributed by atoms with Gasteiger partial charge in [0.25, 0.3) is 0 Å². The van der Waals surface area contributed by atoms with Crippen molar-refractivity contribution in [2.24, 2.45) is 0 Å². The molecule has 2 heterocycles. The van der Waals surface area contributed by atoms with Crippen molar-refractivity contribution in [1.82, 2.24) is 24.9 Å². The SMILES string of the molecule is CCn1c(SCc2nc(-c3ccccc3Cl)no2)nnc1-c1ccccc1OC. The number of rotatable bonds is 7. The number of hydrogen-bond donors (Lipinski definition) is 0. The first-order chi connectivity index (χ1) is 14.2. The highest BCUT2D eigenvalue weighted by Gasteiger charge is 2.18. The summed E-state index contributed by atoms with van der Waals surface area (Å²) in [5, 5.41) is 14.1. The maximum absolute atomic E-state index is 6.21. The van der Waals surface area contributed by atoms with Crippen LogP contribution in [0, 0.1) is 0 Å². The van der Waals surface area contributed by atoms with E-state index < -0.39 is 0 Å². The number of hydrogen-bond acceptors (Lipinski definition) is 7. The molecule has 4 rings (SSSR count). The van der Waals surface area contributed by atoms with Crippen molar-refractivity contribution >= 4 is 23.4 Å². The number of para-hydroxylation sites is 1. The van der Waals surface area contributed by atoms with Crippen LogP contribution in [-0.4, -0.2) is 32.0 Å². The smallest absolute Gasteiger partial charge is 0.237 e. The highest BCUT2D eigenvalue weighted by molar-refractivity contribution is 7.98. The second-order valence-corrected chi connectivity index (χ2v) is 7.38. The topological polar surface area (TPSA) is 78.9 Å². The summed E-state index contributed by atoms with van der Waals surface area (Å²) in [6, 6.07) is 15.2. The average molecular weight is 428 g/mol. The van der Waals surface area contributed by atoms with E-state index in [1.54, 1.807) is 13.2 Å². The van der Waals surface area contributed by atoms with E-state index in [9.17, 15) is 0 Å². The van der Waals surface area contributed by atoms with E-state index in [1.165, 1.54) is 11.8 Å². The van der Waals surface area contributed by atoms with E-state index in [0.717, 1.165) is 34.4 Å². The van der Waals surface area contributed by atoms with E-state index in [2.05, 4.69) is 27.3 Å². The first-order valence-electron chi connectivity index (χ1n) is 8.98. The summed E-state index contributed by atoms with van der Waals surface area (Å²) in [6.07, 6.45) is 0. The molecule has 0 amide bonds. The molecule has 0 atom stereocenters. The van der Waals surface area contributed by atoms with Crippen molar-refractivity contribution < 1.29 is 9.26 Å². The standard InChI is InChI=1S/C20H18ClN5O2S/c1-3-26-19(14-9-5-7-11-16(14)27-2)23-24-20(26)29-12-17-22-18(25-28-17)13-8-4-6-10-15(13)21/h4-11H,3,12H2,1-2H3. The van der Waals surface area contributed by atoms with Crippen LogP contribution in [0.5, 0.6) is 5.75 Å². The summed E-state index contributed by atoms with van der Waals surface area (Å²) in [4.78, 5) is 4.44. The Labute approximate surface area is 177 Å². The highest BCUT2D eigenvalue weighted by Crippen LogP contribution is 2.32. The molecule has 0 saturated heterocycles. The molecule has 148 valence electrons. The minimum Gasteiger partial charge on any atom is -0.496 e. The zero-order valence-electron chi connectivity index (χ0n) is 15.9. The van der Waals surface area contributed by atoms with E-state index in [-0.39, 0.29) is 0 Å². The first-order valence-corrected chi connectivity index (χ1v) is 10.3. The van der Waals surface area contributed by atoms with Gasteiger partial charge in [-0.2, -0.15) is 4.98 Å². The van der Waals surface area contributed by atoms with Crippen LogP contribution in [0.25, 0.3) is 22.8 Å². The van der Waals surface area contributed by atoms with Crippen LogP contribution < -0.4 is 4.74 Å². The summed E-state index contributed by atoms with van der Waals surface area (Å²) in [6.45, 7) is 2.77. The lowest BCUT2D eigenvalue weighted by Crippen LogP contribution is -2.01. The van der Waals surface area contributed by atoms with Gasteiger partial charge in [0.05, 0.1) is 23.4 Å². The van der Waals surface area contributed by atoms with Gasteiger partial charge in [-0.15, -0.1) is 10.2 Å². The van der Waals surface area contributed by atoms with Crippen LogP contribution in [-0.2, 0) is 12.3 Å². The van der Waals surface area contributed by atoms with Crippen molar-refractivity contribution in [3.8, 4) is 28.5 Å². The number of benzene rings is 2. The normalized spacial score (nSPS) is 11.0. The van der Waals surface area contributed by atoms with Gasteiger partial charge in [0.1, 0.15) is 5.75 Å². The molecule has 0 bridgehead atoms. The third-order valence-corrected chi connectivity index (χ3v) is 5.57. The number of nitrogens with zero attached hydrogens (tertiary/aromatic N) is 5. The Morgan fingerprint density at radius 2 is 1.83 bits per heavy atom. The van der Waals surface area contributed by atoms with Crippen molar-refractivity contribution in [2.75, 3.05) is 7.11 Å². The fraction of sp³-hybridized carbons (Fsp3) is 0.200. The second-order valence-electron chi connectivity index (χ2n) is 6.03. The maximum Gasteiger partial charge on any atom is 0.237 e. The van der Waals surface area contributed by atoms with E-state index >= 15 is 0 Å². The average Bonchev–Trinajstić information content (AvgIpc) is 3.39. The Bertz CT molecular complexity index is 1130.